The van der Waals surface area contributed by atoms with E-state index in [1.807, 2.05) is 42.5 Å². The number of carbonyl (C=O) groups excluding carboxylic acids is 1. The summed E-state index contributed by atoms with van der Waals surface area (Å²) in [5.41, 5.74) is 1.09. The maximum absolute atomic E-state index is 12.6. The van der Waals surface area contributed by atoms with Crippen molar-refractivity contribution in [2.45, 2.75) is 19.4 Å². The number of hydrogen-bond acceptors (Lipinski definition) is 4. The second-order valence-electron chi connectivity index (χ2n) is 7.29. The van der Waals surface area contributed by atoms with E-state index < -0.39 is 11.9 Å². The van der Waals surface area contributed by atoms with Gasteiger partial charge in [-0.15, -0.1) is 0 Å². The minimum atomic E-state index is -0.893. The van der Waals surface area contributed by atoms with Gasteiger partial charge in [0.2, 0.25) is 5.91 Å². The van der Waals surface area contributed by atoms with E-state index in [-0.39, 0.29) is 24.6 Å². The van der Waals surface area contributed by atoms with Gasteiger partial charge in [-0.3, -0.25) is 14.4 Å². The van der Waals surface area contributed by atoms with E-state index in [0.29, 0.717) is 25.1 Å². The lowest BCUT2D eigenvalue weighted by Gasteiger charge is -2.30. The number of amides is 1. The zero-order valence-electron chi connectivity index (χ0n) is 15.8. The Kier molecular flexibility index (Phi) is 5.12. The van der Waals surface area contributed by atoms with Crippen LogP contribution in [0.15, 0.2) is 59.4 Å². The van der Waals surface area contributed by atoms with Crippen LogP contribution in [0.3, 0.4) is 0 Å². The molecule has 2 aromatic carbocycles. The van der Waals surface area contributed by atoms with Gasteiger partial charge in [-0.2, -0.15) is 5.10 Å². The van der Waals surface area contributed by atoms with Crippen LogP contribution >= 0.6 is 0 Å². The van der Waals surface area contributed by atoms with Gasteiger partial charge in [0.1, 0.15) is 6.54 Å². The molecule has 148 valence electrons. The number of piperidine rings is 1. The van der Waals surface area contributed by atoms with Gasteiger partial charge in [0.15, 0.2) is 0 Å². The van der Waals surface area contributed by atoms with Crippen LogP contribution in [0.1, 0.15) is 12.8 Å². The predicted molar refractivity (Wildman–Crippen MR) is 108 cm³/mol. The maximum Gasteiger partial charge on any atom is 0.308 e. The largest absolute Gasteiger partial charge is 0.481 e. The molecule has 0 saturated carbocycles. The number of benzene rings is 2. The molecule has 1 amide bonds. The molecule has 0 spiro atoms. The molecule has 0 bridgehead atoms. The summed E-state index contributed by atoms with van der Waals surface area (Å²) in [6, 6.07) is 16.9. The number of hydrogen-bond donors (Lipinski definition) is 1. The third kappa shape index (κ3) is 4.03. The first kappa shape index (κ1) is 18.9. The summed E-state index contributed by atoms with van der Waals surface area (Å²) in [6.45, 7) is 0.474. The summed E-state index contributed by atoms with van der Waals surface area (Å²) < 4.78 is 1.15. The lowest BCUT2D eigenvalue weighted by atomic mass is 9.98. The Morgan fingerprint density at radius 3 is 2.66 bits per heavy atom. The second kappa shape index (κ2) is 7.87. The highest BCUT2D eigenvalue weighted by Gasteiger charge is 2.28. The summed E-state index contributed by atoms with van der Waals surface area (Å²) in [6.07, 6.45) is 1.21. The minimum Gasteiger partial charge on any atom is -0.481 e. The van der Waals surface area contributed by atoms with Crippen LogP contribution in [0.2, 0.25) is 0 Å². The Morgan fingerprint density at radius 1 is 1.07 bits per heavy atom. The fourth-order valence-electron chi connectivity index (χ4n) is 3.70. The van der Waals surface area contributed by atoms with Crippen LogP contribution < -0.4 is 5.56 Å². The van der Waals surface area contributed by atoms with Crippen molar-refractivity contribution < 1.29 is 14.7 Å². The van der Waals surface area contributed by atoms with Gasteiger partial charge in [-0.1, -0.05) is 36.4 Å². The van der Waals surface area contributed by atoms with Gasteiger partial charge in [-0.25, -0.2) is 4.68 Å². The standard InChI is InChI=1S/C22H21N3O4/c26-20-10-9-19(17-8-7-15-4-1-2-5-16(15)12-17)23-25(20)14-21(27)24-11-3-6-18(13-24)22(28)29/h1-2,4-5,7-10,12,18H,3,6,11,13-14H2,(H,28,29)/t18-/m1/s1. The van der Waals surface area contributed by atoms with Gasteiger partial charge in [0, 0.05) is 24.7 Å². The number of carboxylic acid groups (broad SMARTS) is 1. The van der Waals surface area contributed by atoms with Gasteiger partial charge < -0.3 is 10.0 Å². The van der Waals surface area contributed by atoms with Crippen molar-refractivity contribution in [3.05, 3.63) is 65.0 Å². The first-order chi connectivity index (χ1) is 14.0. The lowest BCUT2D eigenvalue weighted by molar-refractivity contribution is -0.145. The monoisotopic (exact) mass is 391 g/mol. The summed E-state index contributed by atoms with van der Waals surface area (Å²) in [7, 11) is 0. The van der Waals surface area contributed by atoms with E-state index in [1.54, 1.807) is 6.07 Å². The van der Waals surface area contributed by atoms with Crippen molar-refractivity contribution in [1.82, 2.24) is 14.7 Å². The molecule has 1 fully saturated rings. The number of likely N-dealkylation sites (tertiary alicyclic amines) is 1. The van der Waals surface area contributed by atoms with Crippen LogP contribution in [0.25, 0.3) is 22.0 Å². The predicted octanol–water partition coefficient (Wildman–Crippen LogP) is 2.39. The van der Waals surface area contributed by atoms with Crippen LogP contribution in [0, 0.1) is 5.92 Å². The molecule has 2 heterocycles. The van der Waals surface area contributed by atoms with E-state index in [4.69, 9.17) is 0 Å². The van der Waals surface area contributed by atoms with Crippen molar-refractivity contribution in [2.75, 3.05) is 13.1 Å². The van der Waals surface area contributed by atoms with Crippen LogP contribution in [0.4, 0.5) is 0 Å². The molecule has 1 aliphatic heterocycles. The Labute approximate surface area is 167 Å². The highest BCUT2D eigenvalue weighted by molar-refractivity contribution is 5.86. The SMILES string of the molecule is O=C(O)[C@@H]1CCCN(C(=O)Cn2nc(-c3ccc4ccccc4c3)ccc2=O)C1. The second-order valence-corrected chi connectivity index (χ2v) is 7.29. The molecule has 3 aromatic rings. The molecule has 1 saturated heterocycles. The summed E-state index contributed by atoms with van der Waals surface area (Å²) in [4.78, 5) is 37.6. The number of fused-ring (bicyclic) bond motifs is 1. The summed E-state index contributed by atoms with van der Waals surface area (Å²) in [5, 5.41) is 15.8. The van der Waals surface area contributed by atoms with Crippen molar-refractivity contribution in [2.24, 2.45) is 5.92 Å². The Balaban J connectivity index is 1.57. The van der Waals surface area contributed by atoms with Crippen LogP contribution in [0.5, 0.6) is 0 Å². The van der Waals surface area contributed by atoms with Crippen molar-refractivity contribution in [1.29, 1.82) is 0 Å². The number of carbonyl (C=O) groups is 2. The average molecular weight is 391 g/mol. The quantitative estimate of drug-likeness (QED) is 0.737. The van der Waals surface area contributed by atoms with E-state index in [2.05, 4.69) is 5.10 Å². The summed E-state index contributed by atoms with van der Waals surface area (Å²) in [5.74, 6) is -1.74. The zero-order valence-corrected chi connectivity index (χ0v) is 15.8. The van der Waals surface area contributed by atoms with E-state index in [0.717, 1.165) is 21.0 Å². The van der Waals surface area contributed by atoms with Gasteiger partial charge in [0.25, 0.3) is 5.56 Å². The number of carboxylic acids is 1. The Hall–Kier alpha value is -3.48. The molecule has 1 N–H and O–H groups in total. The highest BCUT2D eigenvalue weighted by Crippen LogP contribution is 2.22. The normalized spacial score (nSPS) is 16.7. The van der Waals surface area contributed by atoms with E-state index in [1.165, 1.54) is 11.0 Å². The highest BCUT2D eigenvalue weighted by atomic mass is 16.4. The fourth-order valence-corrected chi connectivity index (χ4v) is 3.70. The van der Waals surface area contributed by atoms with Crippen LogP contribution in [-0.4, -0.2) is 44.8 Å². The molecule has 1 aliphatic rings. The van der Waals surface area contributed by atoms with Gasteiger partial charge >= 0.3 is 5.97 Å². The molecule has 0 unspecified atom stereocenters. The fraction of sp³-hybridized carbons (Fsp3) is 0.273. The molecular weight excluding hydrogens is 370 g/mol. The molecular formula is C22H21N3O4. The first-order valence-corrected chi connectivity index (χ1v) is 9.59. The topological polar surface area (TPSA) is 92.5 Å². The molecule has 1 aromatic heterocycles. The average Bonchev–Trinajstić information content (AvgIpc) is 2.75. The first-order valence-electron chi connectivity index (χ1n) is 9.59. The van der Waals surface area contributed by atoms with Crippen molar-refractivity contribution in [3.8, 4) is 11.3 Å². The maximum atomic E-state index is 12.6. The Bertz CT molecular complexity index is 1140. The Morgan fingerprint density at radius 2 is 1.86 bits per heavy atom. The minimum absolute atomic E-state index is 0.174. The summed E-state index contributed by atoms with van der Waals surface area (Å²) >= 11 is 0. The molecule has 0 radical (unpaired) electrons. The molecule has 7 nitrogen and oxygen atoms in total. The molecule has 4 rings (SSSR count). The van der Waals surface area contributed by atoms with Crippen LogP contribution in [-0.2, 0) is 16.1 Å². The number of aliphatic carboxylic acids is 1. The molecule has 7 heteroatoms. The number of nitrogens with zero attached hydrogens (tertiary/aromatic N) is 3. The van der Waals surface area contributed by atoms with Gasteiger partial charge in [-0.05, 0) is 35.7 Å². The van der Waals surface area contributed by atoms with Gasteiger partial charge in [0.05, 0.1) is 11.6 Å². The smallest absolute Gasteiger partial charge is 0.308 e. The molecule has 0 aliphatic carbocycles. The molecule has 29 heavy (non-hydrogen) atoms. The van der Waals surface area contributed by atoms with Crippen molar-refractivity contribution in [3.63, 3.8) is 0 Å². The number of aromatic nitrogens is 2. The van der Waals surface area contributed by atoms with E-state index >= 15 is 0 Å². The third-order valence-electron chi connectivity index (χ3n) is 5.32. The lowest BCUT2D eigenvalue weighted by Crippen LogP contribution is -2.44. The number of rotatable bonds is 4. The van der Waals surface area contributed by atoms with E-state index in [9.17, 15) is 19.5 Å². The van der Waals surface area contributed by atoms with Crippen molar-refractivity contribution >= 4 is 22.6 Å². The molecule has 1 atom stereocenters. The zero-order chi connectivity index (χ0) is 20.4. The third-order valence-corrected chi connectivity index (χ3v) is 5.32.